The van der Waals surface area contributed by atoms with Crippen LogP contribution < -0.4 is 0 Å². The molecule has 2 aromatic rings. The van der Waals surface area contributed by atoms with E-state index < -0.39 is 0 Å². The van der Waals surface area contributed by atoms with E-state index in [1.54, 1.807) is 7.11 Å². The summed E-state index contributed by atoms with van der Waals surface area (Å²) in [4.78, 5) is 2.43. The minimum absolute atomic E-state index is 0.430. The molecule has 0 atom stereocenters. The molecule has 0 bridgehead atoms. The van der Waals surface area contributed by atoms with Crippen molar-refractivity contribution in [3.8, 4) is 0 Å². The molecule has 0 N–H and O–H groups in total. The second-order valence-electron chi connectivity index (χ2n) is 5.01. The van der Waals surface area contributed by atoms with Gasteiger partial charge in [-0.05, 0) is 25.0 Å². The third-order valence-electron chi connectivity index (χ3n) is 3.84. The summed E-state index contributed by atoms with van der Waals surface area (Å²) in [6.07, 6.45) is 4.58. The summed E-state index contributed by atoms with van der Waals surface area (Å²) < 4.78 is 8.59. The number of halogens is 1. The van der Waals surface area contributed by atoms with Gasteiger partial charge >= 0.3 is 0 Å². The first-order chi connectivity index (χ1) is 9.28. The summed E-state index contributed by atoms with van der Waals surface area (Å²) in [7, 11) is 1.80. The molecule has 0 unspecified atom stereocenters. The Kier molecular flexibility index (Phi) is 3.86. The van der Waals surface area contributed by atoms with Crippen LogP contribution in [0.15, 0.2) is 28.9 Å². The molecule has 1 aromatic heterocycles. The van der Waals surface area contributed by atoms with Crippen molar-refractivity contribution in [3.05, 3.63) is 28.9 Å². The van der Waals surface area contributed by atoms with Gasteiger partial charge in [-0.1, -0.05) is 22.0 Å². The molecule has 1 aliphatic heterocycles. The van der Waals surface area contributed by atoms with Gasteiger partial charge in [0.05, 0.1) is 24.5 Å². The molecule has 102 valence electrons. The third-order valence-corrected chi connectivity index (χ3v) is 4.53. The average molecular weight is 324 g/mol. The minimum Gasteiger partial charge on any atom is -0.381 e. The molecule has 5 heteroatoms. The maximum atomic E-state index is 5.41. The lowest BCUT2D eigenvalue weighted by Crippen LogP contribution is -2.37. The first-order valence-electron chi connectivity index (χ1n) is 6.63. The van der Waals surface area contributed by atoms with Crippen molar-refractivity contribution in [2.75, 3.05) is 20.2 Å². The van der Waals surface area contributed by atoms with Crippen LogP contribution >= 0.6 is 15.9 Å². The molecular formula is C14H18BrN3O. The zero-order valence-corrected chi connectivity index (χ0v) is 12.6. The van der Waals surface area contributed by atoms with Gasteiger partial charge in [0.15, 0.2) is 0 Å². The Balaban J connectivity index is 1.74. The Labute approximate surface area is 121 Å². The van der Waals surface area contributed by atoms with E-state index in [4.69, 9.17) is 4.74 Å². The fourth-order valence-corrected chi connectivity index (χ4v) is 3.11. The number of piperidine rings is 1. The predicted octanol–water partition coefficient (Wildman–Crippen LogP) is 2.87. The quantitative estimate of drug-likeness (QED) is 0.870. The van der Waals surface area contributed by atoms with Gasteiger partial charge in [-0.25, -0.2) is 0 Å². The molecule has 0 spiro atoms. The van der Waals surface area contributed by atoms with Gasteiger partial charge in [-0.15, -0.1) is 0 Å². The van der Waals surface area contributed by atoms with Gasteiger partial charge in [-0.2, -0.15) is 5.10 Å². The minimum atomic E-state index is 0.430. The van der Waals surface area contributed by atoms with Gasteiger partial charge in [0.25, 0.3) is 0 Å². The Morgan fingerprint density at radius 3 is 2.89 bits per heavy atom. The van der Waals surface area contributed by atoms with E-state index in [0.717, 1.165) is 37.1 Å². The number of rotatable bonds is 3. The average Bonchev–Trinajstić information content (AvgIpc) is 2.84. The number of benzene rings is 1. The van der Waals surface area contributed by atoms with E-state index in [1.807, 2.05) is 6.20 Å². The van der Waals surface area contributed by atoms with Crippen LogP contribution in [-0.2, 0) is 11.4 Å². The standard InChI is InChI=1S/C14H18BrN3O/c1-19-11-5-7-17(8-6-11)10-18-14-4-2-3-13(15)12(14)9-16-18/h2-4,9,11H,5-8,10H2,1H3. The van der Waals surface area contributed by atoms with E-state index in [-0.39, 0.29) is 0 Å². The molecular weight excluding hydrogens is 306 g/mol. The third kappa shape index (κ3) is 2.68. The maximum absolute atomic E-state index is 5.41. The Hall–Kier alpha value is -0.910. The van der Waals surface area contributed by atoms with Crippen molar-refractivity contribution in [1.29, 1.82) is 0 Å². The summed E-state index contributed by atoms with van der Waals surface area (Å²) in [5, 5.41) is 5.68. The van der Waals surface area contributed by atoms with Gasteiger partial charge < -0.3 is 4.74 Å². The number of nitrogens with zero attached hydrogens (tertiary/aromatic N) is 3. The fraction of sp³-hybridized carbons (Fsp3) is 0.500. The molecule has 0 radical (unpaired) electrons. The Morgan fingerprint density at radius 1 is 1.37 bits per heavy atom. The van der Waals surface area contributed by atoms with Gasteiger partial charge in [0.2, 0.25) is 0 Å². The van der Waals surface area contributed by atoms with Crippen LogP contribution in [0.1, 0.15) is 12.8 Å². The highest BCUT2D eigenvalue weighted by Gasteiger charge is 2.19. The zero-order valence-electron chi connectivity index (χ0n) is 11.1. The number of aromatic nitrogens is 2. The lowest BCUT2D eigenvalue weighted by Gasteiger charge is -2.31. The molecule has 0 amide bonds. The smallest absolute Gasteiger partial charge is 0.0936 e. The molecule has 0 saturated carbocycles. The molecule has 0 aliphatic carbocycles. The van der Waals surface area contributed by atoms with E-state index >= 15 is 0 Å². The Bertz CT molecular complexity index is 561. The molecule has 19 heavy (non-hydrogen) atoms. The zero-order chi connectivity index (χ0) is 13.2. The van der Waals surface area contributed by atoms with Crippen LogP contribution in [0, 0.1) is 0 Å². The second kappa shape index (κ2) is 5.61. The molecule has 3 rings (SSSR count). The summed E-state index contributed by atoms with van der Waals surface area (Å²) in [6.45, 7) is 3.01. The number of fused-ring (bicyclic) bond motifs is 1. The van der Waals surface area contributed by atoms with Crippen molar-refractivity contribution in [2.24, 2.45) is 0 Å². The van der Waals surface area contributed by atoms with E-state index in [0.29, 0.717) is 6.10 Å². The van der Waals surface area contributed by atoms with E-state index in [9.17, 15) is 0 Å². The fourth-order valence-electron chi connectivity index (χ4n) is 2.66. The maximum Gasteiger partial charge on any atom is 0.0936 e. The van der Waals surface area contributed by atoms with Crippen molar-refractivity contribution >= 4 is 26.8 Å². The van der Waals surface area contributed by atoms with Crippen LogP contribution in [0.5, 0.6) is 0 Å². The summed E-state index contributed by atoms with van der Waals surface area (Å²) >= 11 is 3.57. The van der Waals surface area contributed by atoms with Crippen LogP contribution in [0.2, 0.25) is 0 Å². The molecule has 1 saturated heterocycles. The summed E-state index contributed by atoms with van der Waals surface area (Å²) in [5.41, 5.74) is 1.18. The molecule has 1 aromatic carbocycles. The summed E-state index contributed by atoms with van der Waals surface area (Å²) in [5.74, 6) is 0. The number of ether oxygens (including phenoxy) is 1. The predicted molar refractivity (Wildman–Crippen MR) is 79.0 cm³/mol. The molecule has 2 heterocycles. The summed E-state index contributed by atoms with van der Waals surface area (Å²) in [6, 6.07) is 6.23. The van der Waals surface area contributed by atoms with Crippen molar-refractivity contribution in [2.45, 2.75) is 25.6 Å². The van der Waals surface area contributed by atoms with Crippen LogP contribution in [-0.4, -0.2) is 41.0 Å². The van der Waals surface area contributed by atoms with Crippen LogP contribution in [0.3, 0.4) is 0 Å². The largest absolute Gasteiger partial charge is 0.381 e. The highest BCUT2D eigenvalue weighted by atomic mass is 79.9. The van der Waals surface area contributed by atoms with Crippen molar-refractivity contribution in [3.63, 3.8) is 0 Å². The molecule has 1 aliphatic rings. The SMILES string of the molecule is COC1CCN(Cn2ncc3c(Br)cccc32)CC1. The Morgan fingerprint density at radius 2 is 2.16 bits per heavy atom. The van der Waals surface area contributed by atoms with Gasteiger partial charge in [0, 0.05) is 30.1 Å². The topological polar surface area (TPSA) is 30.3 Å². The van der Waals surface area contributed by atoms with Gasteiger partial charge in [0.1, 0.15) is 0 Å². The number of methoxy groups -OCH3 is 1. The first kappa shape index (κ1) is 13.1. The highest BCUT2D eigenvalue weighted by molar-refractivity contribution is 9.10. The van der Waals surface area contributed by atoms with E-state index in [2.05, 4.69) is 48.8 Å². The normalized spacial score (nSPS) is 18.2. The van der Waals surface area contributed by atoms with Crippen molar-refractivity contribution < 1.29 is 4.74 Å². The number of hydrogen-bond donors (Lipinski definition) is 0. The van der Waals surface area contributed by atoms with Crippen LogP contribution in [0.25, 0.3) is 10.9 Å². The number of hydrogen-bond acceptors (Lipinski definition) is 3. The van der Waals surface area contributed by atoms with Crippen LogP contribution in [0.4, 0.5) is 0 Å². The molecule has 4 nitrogen and oxygen atoms in total. The molecule has 1 fully saturated rings. The first-order valence-corrected chi connectivity index (χ1v) is 7.42. The highest BCUT2D eigenvalue weighted by Crippen LogP contribution is 2.24. The number of likely N-dealkylation sites (tertiary alicyclic amines) is 1. The van der Waals surface area contributed by atoms with Gasteiger partial charge in [-0.3, -0.25) is 9.58 Å². The second-order valence-corrected chi connectivity index (χ2v) is 5.87. The van der Waals surface area contributed by atoms with E-state index in [1.165, 1.54) is 10.9 Å². The monoisotopic (exact) mass is 323 g/mol. The lowest BCUT2D eigenvalue weighted by molar-refractivity contribution is 0.0309. The van der Waals surface area contributed by atoms with Crippen molar-refractivity contribution in [1.82, 2.24) is 14.7 Å². The lowest BCUT2D eigenvalue weighted by atomic mass is 10.1.